The number of nitrogens with one attached hydrogen (secondary N) is 1. The Bertz CT molecular complexity index is 1430. The molecule has 0 aliphatic carbocycles. The molecular weight excluding hydrogens is 452 g/mol. The van der Waals surface area contributed by atoms with Crippen molar-refractivity contribution < 1.29 is 14.3 Å². The molecule has 0 atom stereocenters. The largest absolute Gasteiger partial charge is 0.475 e. The van der Waals surface area contributed by atoms with Crippen molar-refractivity contribution in [1.82, 2.24) is 9.88 Å². The van der Waals surface area contributed by atoms with Crippen molar-refractivity contribution in [2.24, 2.45) is 0 Å². The number of nitrogens with zero attached hydrogens (tertiary/aromatic N) is 3. The number of aromatic amines is 1. The number of aryl methyl sites for hydroxylation is 1. The Morgan fingerprint density at radius 2 is 1.92 bits per heavy atom. The van der Waals surface area contributed by atoms with E-state index in [4.69, 9.17) is 4.42 Å². The summed E-state index contributed by atoms with van der Waals surface area (Å²) < 4.78 is 5.66. The molecule has 1 fully saturated rings. The summed E-state index contributed by atoms with van der Waals surface area (Å²) in [6.07, 6.45) is 5.34. The minimum absolute atomic E-state index is 0.0557. The van der Waals surface area contributed by atoms with Crippen LogP contribution >= 0.6 is 0 Å². The van der Waals surface area contributed by atoms with Crippen LogP contribution in [0.5, 0.6) is 0 Å². The first kappa shape index (κ1) is 24.0. The Kier molecular flexibility index (Phi) is 6.71. The van der Waals surface area contributed by atoms with Crippen molar-refractivity contribution in [3.63, 3.8) is 0 Å². The molecule has 7 nitrogen and oxygen atoms in total. The van der Waals surface area contributed by atoms with Crippen molar-refractivity contribution in [3.8, 4) is 6.07 Å². The fourth-order valence-electron chi connectivity index (χ4n) is 5.37. The number of hydrogen-bond acceptors (Lipinski definition) is 5. The third kappa shape index (κ3) is 4.69. The molecular formula is C29H32N4O3. The van der Waals surface area contributed by atoms with Gasteiger partial charge >= 0.3 is 5.97 Å². The van der Waals surface area contributed by atoms with Crippen LogP contribution in [0.15, 0.2) is 47.0 Å². The van der Waals surface area contributed by atoms with E-state index in [1.807, 2.05) is 44.2 Å². The fraction of sp³-hybridized carbons (Fsp3) is 0.379. The summed E-state index contributed by atoms with van der Waals surface area (Å²) in [5, 5.41) is 20.8. The van der Waals surface area contributed by atoms with Crippen LogP contribution in [-0.2, 0) is 6.42 Å². The van der Waals surface area contributed by atoms with E-state index >= 15 is 0 Å². The van der Waals surface area contributed by atoms with Crippen LogP contribution in [-0.4, -0.2) is 53.7 Å². The van der Waals surface area contributed by atoms with Gasteiger partial charge in [0.25, 0.3) is 0 Å². The number of piperazine rings is 1. The number of benzene rings is 2. The SMILES string of the molecule is CC(C)c1c(C(=O)O)oc2ccc(N3CCN(CCCCc4c[nH]c5ccc(C#N)cc45)CC3)cc12. The maximum atomic E-state index is 11.7. The second-order valence-corrected chi connectivity index (χ2v) is 9.96. The van der Waals surface area contributed by atoms with E-state index in [0.29, 0.717) is 11.1 Å². The van der Waals surface area contributed by atoms with Gasteiger partial charge in [0, 0.05) is 59.9 Å². The van der Waals surface area contributed by atoms with E-state index in [9.17, 15) is 15.2 Å². The van der Waals surface area contributed by atoms with E-state index in [-0.39, 0.29) is 11.7 Å². The molecule has 1 aliphatic heterocycles. The van der Waals surface area contributed by atoms with Crippen LogP contribution in [0.1, 0.15) is 59.9 Å². The van der Waals surface area contributed by atoms with Gasteiger partial charge < -0.3 is 19.4 Å². The van der Waals surface area contributed by atoms with Gasteiger partial charge in [-0.25, -0.2) is 4.79 Å². The van der Waals surface area contributed by atoms with Gasteiger partial charge in [0.15, 0.2) is 0 Å². The zero-order valence-corrected chi connectivity index (χ0v) is 20.9. The highest BCUT2D eigenvalue weighted by atomic mass is 16.4. The quantitative estimate of drug-likeness (QED) is 0.309. The molecule has 0 bridgehead atoms. The molecule has 36 heavy (non-hydrogen) atoms. The number of carboxylic acids is 1. The first-order valence-electron chi connectivity index (χ1n) is 12.7. The molecule has 2 N–H and O–H groups in total. The molecule has 0 unspecified atom stereocenters. The molecule has 3 heterocycles. The van der Waals surface area contributed by atoms with Crippen molar-refractivity contribution >= 4 is 33.5 Å². The van der Waals surface area contributed by atoms with Crippen LogP contribution < -0.4 is 4.90 Å². The minimum atomic E-state index is -1.01. The number of rotatable bonds is 8. The highest BCUT2D eigenvalue weighted by Gasteiger charge is 2.24. The average Bonchev–Trinajstić information content (AvgIpc) is 3.47. The van der Waals surface area contributed by atoms with Crippen LogP contribution in [0.25, 0.3) is 21.9 Å². The predicted octanol–water partition coefficient (Wildman–Crippen LogP) is 5.75. The minimum Gasteiger partial charge on any atom is -0.475 e. The van der Waals surface area contributed by atoms with E-state index < -0.39 is 5.97 Å². The number of unbranched alkanes of at least 4 members (excludes halogenated alkanes) is 1. The number of furan rings is 1. The summed E-state index contributed by atoms with van der Waals surface area (Å²) in [7, 11) is 0. The highest BCUT2D eigenvalue weighted by Crippen LogP contribution is 2.34. The zero-order chi connectivity index (χ0) is 25.2. The van der Waals surface area contributed by atoms with Gasteiger partial charge in [-0.2, -0.15) is 5.26 Å². The van der Waals surface area contributed by atoms with Crippen LogP contribution in [0, 0.1) is 11.3 Å². The van der Waals surface area contributed by atoms with Crippen LogP contribution in [0.2, 0.25) is 0 Å². The molecule has 1 saturated heterocycles. The first-order chi connectivity index (χ1) is 17.4. The Morgan fingerprint density at radius 1 is 1.11 bits per heavy atom. The number of hydrogen-bond donors (Lipinski definition) is 2. The Hall–Kier alpha value is -3.76. The predicted molar refractivity (Wildman–Crippen MR) is 142 cm³/mol. The van der Waals surface area contributed by atoms with Gasteiger partial charge in [0.1, 0.15) is 5.58 Å². The molecule has 0 spiro atoms. The molecule has 186 valence electrons. The van der Waals surface area contributed by atoms with E-state index in [2.05, 4.69) is 33.1 Å². The van der Waals surface area contributed by atoms with Crippen LogP contribution in [0.3, 0.4) is 0 Å². The van der Waals surface area contributed by atoms with Gasteiger partial charge in [-0.15, -0.1) is 0 Å². The number of aromatic nitrogens is 1. The maximum absolute atomic E-state index is 11.7. The lowest BCUT2D eigenvalue weighted by Crippen LogP contribution is -2.46. The molecule has 2 aromatic carbocycles. The van der Waals surface area contributed by atoms with Gasteiger partial charge in [0.2, 0.25) is 5.76 Å². The van der Waals surface area contributed by atoms with Crippen molar-refractivity contribution in [2.75, 3.05) is 37.6 Å². The summed E-state index contributed by atoms with van der Waals surface area (Å²) >= 11 is 0. The van der Waals surface area contributed by atoms with Gasteiger partial charge in [0.05, 0.1) is 11.6 Å². The van der Waals surface area contributed by atoms with E-state index in [0.717, 1.165) is 79.5 Å². The van der Waals surface area contributed by atoms with E-state index in [1.165, 1.54) is 5.56 Å². The summed E-state index contributed by atoms with van der Waals surface area (Å²) in [6.45, 7) is 9.02. The van der Waals surface area contributed by atoms with Gasteiger partial charge in [-0.3, -0.25) is 4.90 Å². The molecule has 0 radical (unpaired) electrons. The third-order valence-electron chi connectivity index (χ3n) is 7.29. The molecule has 7 heteroatoms. The molecule has 0 amide bonds. The van der Waals surface area contributed by atoms with Crippen LogP contribution in [0.4, 0.5) is 5.69 Å². The Labute approximate surface area is 210 Å². The molecule has 0 saturated carbocycles. The summed E-state index contributed by atoms with van der Waals surface area (Å²) in [6, 6.07) is 14.1. The summed E-state index contributed by atoms with van der Waals surface area (Å²) in [5.74, 6) is -0.885. The smallest absolute Gasteiger partial charge is 0.372 e. The van der Waals surface area contributed by atoms with Crippen molar-refractivity contribution in [2.45, 2.75) is 39.0 Å². The topological polar surface area (TPSA) is 96.5 Å². The van der Waals surface area contributed by atoms with Gasteiger partial charge in [-0.1, -0.05) is 13.8 Å². The van der Waals surface area contributed by atoms with Crippen molar-refractivity contribution in [1.29, 1.82) is 5.26 Å². The lowest BCUT2D eigenvalue weighted by atomic mass is 9.99. The zero-order valence-electron chi connectivity index (χ0n) is 20.9. The lowest BCUT2D eigenvalue weighted by Gasteiger charge is -2.36. The number of carbonyl (C=O) groups is 1. The standard InChI is InChI=1S/C29H32N4O3/c1-19(2)27-24-16-22(7-9-26(24)36-28(27)29(34)35)33-13-11-32(12-14-33)10-4-3-5-21-18-31-25-8-6-20(17-30)15-23(21)25/h6-9,15-16,18-19,31H,3-5,10-14H2,1-2H3,(H,34,35). The second kappa shape index (κ2) is 10.1. The number of aromatic carboxylic acids is 1. The Morgan fingerprint density at radius 3 is 2.64 bits per heavy atom. The van der Waals surface area contributed by atoms with Gasteiger partial charge in [-0.05, 0) is 73.7 Å². The summed E-state index contributed by atoms with van der Waals surface area (Å²) in [5.41, 5.74) is 5.62. The number of fused-ring (bicyclic) bond motifs is 2. The maximum Gasteiger partial charge on any atom is 0.372 e. The normalized spacial score (nSPS) is 14.7. The average molecular weight is 485 g/mol. The van der Waals surface area contributed by atoms with E-state index in [1.54, 1.807) is 0 Å². The first-order valence-corrected chi connectivity index (χ1v) is 12.7. The van der Waals surface area contributed by atoms with Crippen molar-refractivity contribution in [3.05, 3.63) is 65.0 Å². The monoisotopic (exact) mass is 484 g/mol. The fourth-order valence-corrected chi connectivity index (χ4v) is 5.37. The second-order valence-electron chi connectivity index (χ2n) is 9.96. The molecule has 4 aromatic rings. The summed E-state index contributed by atoms with van der Waals surface area (Å²) in [4.78, 5) is 19.9. The number of nitriles is 1. The Balaban J connectivity index is 1.15. The number of anilines is 1. The lowest BCUT2D eigenvalue weighted by molar-refractivity contribution is 0.0662. The molecule has 5 rings (SSSR count). The molecule has 2 aromatic heterocycles. The highest BCUT2D eigenvalue weighted by molar-refractivity contribution is 5.96. The molecule has 1 aliphatic rings. The number of carboxylic acid groups (broad SMARTS) is 1. The third-order valence-corrected chi connectivity index (χ3v) is 7.29. The number of H-pyrrole nitrogens is 1.